The van der Waals surface area contributed by atoms with Gasteiger partial charge in [0.25, 0.3) is 0 Å². The highest BCUT2D eigenvalue weighted by molar-refractivity contribution is 5.93. The lowest BCUT2D eigenvalue weighted by molar-refractivity contribution is 0.0697. The summed E-state index contributed by atoms with van der Waals surface area (Å²) in [5.41, 5.74) is 0.488. The SMILES string of the molecule is O=C(O)c1cnoc1-c1cncnc1. The van der Waals surface area contributed by atoms with E-state index in [2.05, 4.69) is 15.1 Å². The Hall–Kier alpha value is -2.24. The molecule has 0 spiro atoms. The van der Waals surface area contributed by atoms with Gasteiger partial charge in [-0.3, -0.25) is 0 Å². The maximum Gasteiger partial charge on any atom is 0.341 e. The van der Waals surface area contributed by atoms with Gasteiger partial charge in [-0.25, -0.2) is 14.8 Å². The first kappa shape index (κ1) is 8.36. The Balaban J connectivity index is 2.52. The third kappa shape index (κ3) is 1.33. The molecule has 0 unspecified atom stereocenters. The van der Waals surface area contributed by atoms with Crippen LogP contribution in [0.25, 0.3) is 11.3 Å². The van der Waals surface area contributed by atoms with Crippen molar-refractivity contribution in [2.24, 2.45) is 0 Å². The third-order valence-corrected chi connectivity index (χ3v) is 1.62. The average Bonchev–Trinajstić information content (AvgIpc) is 2.67. The largest absolute Gasteiger partial charge is 0.477 e. The molecule has 0 aliphatic rings. The summed E-state index contributed by atoms with van der Waals surface area (Å²) >= 11 is 0. The number of carbonyl (C=O) groups is 1. The highest BCUT2D eigenvalue weighted by Crippen LogP contribution is 2.21. The second kappa shape index (κ2) is 3.25. The summed E-state index contributed by atoms with van der Waals surface area (Å²) in [6, 6.07) is 0. The molecule has 0 aliphatic carbocycles. The fraction of sp³-hybridized carbons (Fsp3) is 0. The van der Waals surface area contributed by atoms with Crippen molar-refractivity contribution in [3.8, 4) is 11.3 Å². The second-order valence-electron chi connectivity index (χ2n) is 2.50. The van der Waals surface area contributed by atoms with Gasteiger partial charge in [0.05, 0.1) is 11.8 Å². The molecular weight excluding hydrogens is 186 g/mol. The van der Waals surface area contributed by atoms with Gasteiger partial charge >= 0.3 is 5.97 Å². The van der Waals surface area contributed by atoms with Crippen molar-refractivity contribution in [2.45, 2.75) is 0 Å². The van der Waals surface area contributed by atoms with Gasteiger partial charge in [-0.2, -0.15) is 0 Å². The monoisotopic (exact) mass is 191 g/mol. The molecule has 14 heavy (non-hydrogen) atoms. The number of hydrogen-bond acceptors (Lipinski definition) is 5. The summed E-state index contributed by atoms with van der Waals surface area (Å²) in [5.74, 6) is -0.928. The van der Waals surface area contributed by atoms with Crippen LogP contribution in [0.15, 0.2) is 29.4 Å². The predicted molar refractivity (Wildman–Crippen MR) is 44.5 cm³/mol. The molecule has 1 N–H and O–H groups in total. The molecule has 6 heteroatoms. The fourth-order valence-electron chi connectivity index (χ4n) is 1.02. The van der Waals surface area contributed by atoms with E-state index in [-0.39, 0.29) is 11.3 Å². The van der Waals surface area contributed by atoms with Gasteiger partial charge in [0.2, 0.25) is 0 Å². The maximum atomic E-state index is 10.7. The van der Waals surface area contributed by atoms with E-state index >= 15 is 0 Å². The lowest BCUT2D eigenvalue weighted by Crippen LogP contribution is -1.96. The Kier molecular flexibility index (Phi) is 1.94. The van der Waals surface area contributed by atoms with Gasteiger partial charge in [-0.1, -0.05) is 5.16 Å². The number of aromatic nitrogens is 3. The number of aromatic carboxylic acids is 1. The normalized spacial score (nSPS) is 10.0. The smallest absolute Gasteiger partial charge is 0.341 e. The minimum atomic E-state index is -1.09. The number of carboxylic acids is 1. The molecule has 6 nitrogen and oxygen atoms in total. The highest BCUT2D eigenvalue weighted by atomic mass is 16.5. The Morgan fingerprint density at radius 3 is 2.64 bits per heavy atom. The van der Waals surface area contributed by atoms with Crippen LogP contribution in [0, 0.1) is 0 Å². The van der Waals surface area contributed by atoms with Crippen molar-refractivity contribution in [1.82, 2.24) is 15.1 Å². The predicted octanol–water partition coefficient (Wildman–Crippen LogP) is 0.830. The lowest BCUT2D eigenvalue weighted by Gasteiger charge is -1.94. The molecule has 0 saturated carbocycles. The molecule has 0 aromatic carbocycles. The summed E-state index contributed by atoms with van der Waals surface area (Å²) < 4.78 is 4.80. The van der Waals surface area contributed by atoms with Gasteiger partial charge in [0, 0.05) is 12.4 Å². The zero-order valence-electron chi connectivity index (χ0n) is 6.91. The maximum absolute atomic E-state index is 10.7. The number of hydrogen-bond donors (Lipinski definition) is 1. The average molecular weight is 191 g/mol. The zero-order valence-corrected chi connectivity index (χ0v) is 6.91. The Labute approximate surface area is 78.2 Å². The second-order valence-corrected chi connectivity index (χ2v) is 2.50. The van der Waals surface area contributed by atoms with E-state index in [0.717, 1.165) is 6.20 Å². The van der Waals surface area contributed by atoms with Gasteiger partial charge in [0.1, 0.15) is 11.9 Å². The van der Waals surface area contributed by atoms with Crippen molar-refractivity contribution < 1.29 is 14.4 Å². The molecule has 0 radical (unpaired) electrons. The van der Waals surface area contributed by atoms with Crippen LogP contribution in [0.3, 0.4) is 0 Å². The summed E-state index contributed by atoms with van der Waals surface area (Å²) in [6.45, 7) is 0. The van der Waals surface area contributed by atoms with Crippen LogP contribution >= 0.6 is 0 Å². The number of nitrogens with zero attached hydrogens (tertiary/aromatic N) is 3. The molecule has 0 aliphatic heterocycles. The van der Waals surface area contributed by atoms with Crippen LogP contribution in [-0.4, -0.2) is 26.2 Å². The molecule has 0 atom stereocenters. The van der Waals surface area contributed by atoms with Gasteiger partial charge in [-0.05, 0) is 0 Å². The lowest BCUT2D eigenvalue weighted by atomic mass is 10.2. The first-order valence-corrected chi connectivity index (χ1v) is 3.72. The Morgan fingerprint density at radius 1 is 1.29 bits per heavy atom. The van der Waals surface area contributed by atoms with Crippen LogP contribution < -0.4 is 0 Å². The van der Waals surface area contributed by atoms with E-state index in [1.807, 2.05) is 0 Å². The minimum Gasteiger partial charge on any atom is -0.477 e. The first-order chi connectivity index (χ1) is 6.79. The summed E-state index contributed by atoms with van der Waals surface area (Å²) in [5, 5.41) is 12.2. The van der Waals surface area contributed by atoms with Gasteiger partial charge < -0.3 is 9.63 Å². The topological polar surface area (TPSA) is 89.1 Å². The molecule has 70 valence electrons. The Bertz CT molecular complexity index is 452. The zero-order chi connectivity index (χ0) is 9.97. The van der Waals surface area contributed by atoms with Crippen molar-refractivity contribution in [3.05, 3.63) is 30.5 Å². The van der Waals surface area contributed by atoms with Crippen molar-refractivity contribution in [3.63, 3.8) is 0 Å². The van der Waals surface area contributed by atoms with E-state index < -0.39 is 5.97 Å². The van der Waals surface area contributed by atoms with Crippen LogP contribution in [0.5, 0.6) is 0 Å². The van der Waals surface area contributed by atoms with E-state index in [9.17, 15) is 4.79 Å². The van der Waals surface area contributed by atoms with E-state index in [4.69, 9.17) is 9.63 Å². The third-order valence-electron chi connectivity index (χ3n) is 1.62. The first-order valence-electron chi connectivity index (χ1n) is 3.72. The molecule has 2 aromatic heterocycles. The molecule has 2 heterocycles. The molecular formula is C8H5N3O3. The van der Waals surface area contributed by atoms with E-state index in [1.54, 1.807) is 0 Å². The number of rotatable bonds is 2. The summed E-state index contributed by atoms with van der Waals surface area (Å²) in [6.07, 6.45) is 5.41. The molecule has 2 rings (SSSR count). The molecule has 0 saturated heterocycles. The van der Waals surface area contributed by atoms with Crippen molar-refractivity contribution >= 4 is 5.97 Å². The summed E-state index contributed by atoms with van der Waals surface area (Å²) in [7, 11) is 0. The van der Waals surface area contributed by atoms with Crippen LogP contribution in [0.2, 0.25) is 0 Å². The number of carboxylic acid groups (broad SMARTS) is 1. The highest BCUT2D eigenvalue weighted by Gasteiger charge is 2.16. The fourth-order valence-corrected chi connectivity index (χ4v) is 1.02. The van der Waals surface area contributed by atoms with Crippen LogP contribution in [-0.2, 0) is 0 Å². The molecule has 2 aromatic rings. The van der Waals surface area contributed by atoms with Gasteiger partial charge in [-0.15, -0.1) is 0 Å². The quantitative estimate of drug-likeness (QED) is 0.756. The van der Waals surface area contributed by atoms with Crippen LogP contribution in [0.4, 0.5) is 0 Å². The standard InChI is InChI=1S/C8H5N3O3/c12-8(13)6-3-11-14-7(6)5-1-9-4-10-2-5/h1-4H,(H,12,13). The minimum absolute atomic E-state index is 0.000185. The molecule has 0 amide bonds. The van der Waals surface area contributed by atoms with Gasteiger partial charge in [0.15, 0.2) is 5.76 Å². The molecule has 0 bridgehead atoms. The van der Waals surface area contributed by atoms with E-state index in [1.165, 1.54) is 18.7 Å². The summed E-state index contributed by atoms with van der Waals surface area (Å²) in [4.78, 5) is 18.2. The van der Waals surface area contributed by atoms with Crippen molar-refractivity contribution in [2.75, 3.05) is 0 Å². The van der Waals surface area contributed by atoms with E-state index in [0.29, 0.717) is 5.56 Å². The van der Waals surface area contributed by atoms with Crippen molar-refractivity contribution in [1.29, 1.82) is 0 Å². The van der Waals surface area contributed by atoms with Crippen LogP contribution in [0.1, 0.15) is 10.4 Å². The Morgan fingerprint density at radius 2 is 2.00 bits per heavy atom. The molecule has 0 fully saturated rings.